The van der Waals surface area contributed by atoms with Gasteiger partial charge in [-0.05, 0) is 51.0 Å². The number of rotatable bonds is 6. The van der Waals surface area contributed by atoms with E-state index < -0.39 is 0 Å². The summed E-state index contributed by atoms with van der Waals surface area (Å²) in [5, 5.41) is 3.82. The average molecular weight is 266 g/mol. The molecule has 112 valence electrons. The Hall–Kier alpha value is -0.0800. The normalized spacial score (nSPS) is 26.7. The first kappa shape index (κ1) is 15.3. The third-order valence-corrected chi connectivity index (χ3v) is 5.90. The lowest BCUT2D eigenvalue weighted by molar-refractivity contribution is 0.194. The van der Waals surface area contributed by atoms with E-state index in [9.17, 15) is 0 Å². The number of hydrogen-bond donors (Lipinski definition) is 1. The summed E-state index contributed by atoms with van der Waals surface area (Å²) in [7, 11) is 0. The Morgan fingerprint density at radius 2 is 1.84 bits per heavy atom. The number of nitrogens with zero attached hydrogens (tertiary/aromatic N) is 1. The number of hydrogen-bond acceptors (Lipinski definition) is 2. The van der Waals surface area contributed by atoms with Gasteiger partial charge in [0.1, 0.15) is 0 Å². The minimum atomic E-state index is 0.624. The van der Waals surface area contributed by atoms with Crippen molar-refractivity contribution in [3.05, 3.63) is 0 Å². The molecule has 1 saturated carbocycles. The lowest BCUT2D eigenvalue weighted by Crippen LogP contribution is -2.43. The van der Waals surface area contributed by atoms with Crippen LogP contribution in [0.2, 0.25) is 0 Å². The summed E-state index contributed by atoms with van der Waals surface area (Å²) < 4.78 is 0. The summed E-state index contributed by atoms with van der Waals surface area (Å²) in [6.07, 6.45) is 11.2. The van der Waals surface area contributed by atoms with Crippen LogP contribution in [-0.4, -0.2) is 36.6 Å². The van der Waals surface area contributed by atoms with Gasteiger partial charge in [0.15, 0.2) is 0 Å². The van der Waals surface area contributed by atoms with E-state index >= 15 is 0 Å². The molecule has 19 heavy (non-hydrogen) atoms. The van der Waals surface area contributed by atoms with E-state index in [1.165, 1.54) is 71.0 Å². The van der Waals surface area contributed by atoms with Crippen molar-refractivity contribution in [1.82, 2.24) is 10.2 Å². The standard InChI is InChI=1S/C17H34N2/c1-4-17(5-2)11-12-19(14-17)15(3)13-18-16-9-7-6-8-10-16/h15-16,18H,4-14H2,1-3H3. The van der Waals surface area contributed by atoms with Crippen molar-refractivity contribution in [3.63, 3.8) is 0 Å². The van der Waals surface area contributed by atoms with Crippen molar-refractivity contribution in [2.24, 2.45) is 5.41 Å². The Morgan fingerprint density at radius 3 is 2.42 bits per heavy atom. The van der Waals surface area contributed by atoms with Crippen LogP contribution in [-0.2, 0) is 0 Å². The van der Waals surface area contributed by atoms with Crippen LogP contribution >= 0.6 is 0 Å². The molecule has 0 spiro atoms. The molecule has 0 radical (unpaired) electrons. The number of likely N-dealkylation sites (tertiary alicyclic amines) is 1. The highest BCUT2D eigenvalue weighted by atomic mass is 15.2. The van der Waals surface area contributed by atoms with E-state index in [-0.39, 0.29) is 0 Å². The molecule has 2 rings (SSSR count). The van der Waals surface area contributed by atoms with Crippen LogP contribution in [0.5, 0.6) is 0 Å². The summed E-state index contributed by atoms with van der Waals surface area (Å²) in [6, 6.07) is 1.52. The van der Waals surface area contributed by atoms with Crippen LogP contribution < -0.4 is 5.32 Å². The third-order valence-electron chi connectivity index (χ3n) is 5.90. The highest BCUT2D eigenvalue weighted by molar-refractivity contribution is 4.90. The van der Waals surface area contributed by atoms with E-state index in [0.717, 1.165) is 6.04 Å². The van der Waals surface area contributed by atoms with Crippen molar-refractivity contribution in [2.45, 2.75) is 84.2 Å². The zero-order valence-electron chi connectivity index (χ0n) is 13.4. The van der Waals surface area contributed by atoms with E-state index in [1.54, 1.807) is 0 Å². The Bertz CT molecular complexity index is 254. The fourth-order valence-corrected chi connectivity index (χ4v) is 3.95. The van der Waals surface area contributed by atoms with E-state index in [4.69, 9.17) is 0 Å². The summed E-state index contributed by atoms with van der Waals surface area (Å²) in [4.78, 5) is 2.73. The molecular weight excluding hydrogens is 232 g/mol. The SMILES string of the molecule is CCC1(CC)CCN(C(C)CNC2CCCCC2)C1. The molecule has 1 aliphatic heterocycles. The quantitative estimate of drug-likeness (QED) is 0.786. The molecule has 1 aliphatic carbocycles. The van der Waals surface area contributed by atoms with Crippen molar-refractivity contribution >= 4 is 0 Å². The van der Waals surface area contributed by atoms with Gasteiger partial charge in [0, 0.05) is 25.2 Å². The van der Waals surface area contributed by atoms with Crippen LogP contribution in [0.15, 0.2) is 0 Å². The Balaban J connectivity index is 1.73. The van der Waals surface area contributed by atoms with Crippen molar-refractivity contribution in [2.75, 3.05) is 19.6 Å². The molecule has 1 heterocycles. The predicted molar refractivity (Wildman–Crippen MR) is 83.5 cm³/mol. The summed E-state index contributed by atoms with van der Waals surface area (Å²) in [5.41, 5.74) is 0.624. The molecule has 0 amide bonds. The zero-order chi connectivity index (χ0) is 13.7. The van der Waals surface area contributed by atoms with E-state index in [0.29, 0.717) is 11.5 Å². The molecule has 0 aromatic rings. The molecule has 2 aliphatic rings. The summed E-state index contributed by atoms with van der Waals surface area (Å²) in [5.74, 6) is 0. The maximum Gasteiger partial charge on any atom is 0.0192 e. The summed E-state index contributed by atoms with van der Waals surface area (Å²) >= 11 is 0. The first-order valence-electron chi connectivity index (χ1n) is 8.66. The van der Waals surface area contributed by atoms with Crippen LogP contribution in [0.1, 0.15) is 72.1 Å². The van der Waals surface area contributed by atoms with Crippen LogP contribution in [0.4, 0.5) is 0 Å². The predicted octanol–water partition coefficient (Wildman–Crippen LogP) is 3.81. The maximum atomic E-state index is 3.82. The monoisotopic (exact) mass is 266 g/mol. The molecule has 2 heteroatoms. The second kappa shape index (κ2) is 7.08. The van der Waals surface area contributed by atoms with E-state index in [2.05, 4.69) is 31.0 Å². The summed E-state index contributed by atoms with van der Waals surface area (Å²) in [6.45, 7) is 11.0. The van der Waals surface area contributed by atoms with Crippen molar-refractivity contribution in [3.8, 4) is 0 Å². The Morgan fingerprint density at radius 1 is 1.16 bits per heavy atom. The van der Waals surface area contributed by atoms with Gasteiger partial charge in [0.2, 0.25) is 0 Å². The highest BCUT2D eigenvalue weighted by Crippen LogP contribution is 2.37. The first-order chi connectivity index (χ1) is 9.19. The van der Waals surface area contributed by atoms with Gasteiger partial charge in [-0.15, -0.1) is 0 Å². The van der Waals surface area contributed by atoms with Gasteiger partial charge in [0.25, 0.3) is 0 Å². The van der Waals surface area contributed by atoms with Gasteiger partial charge in [-0.3, -0.25) is 4.90 Å². The Kier molecular flexibility index (Phi) is 5.70. The molecule has 1 atom stereocenters. The van der Waals surface area contributed by atoms with E-state index in [1.807, 2.05) is 0 Å². The third kappa shape index (κ3) is 3.95. The largest absolute Gasteiger partial charge is 0.312 e. The first-order valence-corrected chi connectivity index (χ1v) is 8.66. The van der Waals surface area contributed by atoms with Gasteiger partial charge >= 0.3 is 0 Å². The fraction of sp³-hybridized carbons (Fsp3) is 1.00. The molecule has 2 nitrogen and oxygen atoms in total. The van der Waals surface area contributed by atoms with Crippen LogP contribution in [0.3, 0.4) is 0 Å². The lowest BCUT2D eigenvalue weighted by Gasteiger charge is -2.31. The minimum absolute atomic E-state index is 0.624. The molecule has 1 N–H and O–H groups in total. The molecule has 0 aromatic heterocycles. The van der Waals surface area contributed by atoms with Crippen molar-refractivity contribution in [1.29, 1.82) is 0 Å². The van der Waals surface area contributed by atoms with Crippen LogP contribution in [0.25, 0.3) is 0 Å². The Labute approximate surface area is 120 Å². The molecule has 2 fully saturated rings. The highest BCUT2D eigenvalue weighted by Gasteiger charge is 2.36. The zero-order valence-corrected chi connectivity index (χ0v) is 13.4. The van der Waals surface area contributed by atoms with Gasteiger partial charge in [0.05, 0.1) is 0 Å². The van der Waals surface area contributed by atoms with Gasteiger partial charge in [-0.25, -0.2) is 0 Å². The maximum absolute atomic E-state index is 3.82. The van der Waals surface area contributed by atoms with Crippen LogP contribution in [0, 0.1) is 5.41 Å². The smallest absolute Gasteiger partial charge is 0.0192 e. The lowest BCUT2D eigenvalue weighted by atomic mass is 9.82. The van der Waals surface area contributed by atoms with Gasteiger partial charge in [-0.2, -0.15) is 0 Å². The molecule has 1 unspecified atom stereocenters. The average Bonchev–Trinajstić information content (AvgIpc) is 2.91. The fourth-order valence-electron chi connectivity index (χ4n) is 3.95. The van der Waals surface area contributed by atoms with Gasteiger partial charge < -0.3 is 5.32 Å². The van der Waals surface area contributed by atoms with Gasteiger partial charge in [-0.1, -0.05) is 33.1 Å². The van der Waals surface area contributed by atoms with Crippen molar-refractivity contribution < 1.29 is 0 Å². The molecule has 0 bridgehead atoms. The molecule has 0 aromatic carbocycles. The molecular formula is C17H34N2. The minimum Gasteiger partial charge on any atom is -0.312 e. The second-order valence-corrected chi connectivity index (χ2v) is 7.02. The number of nitrogens with one attached hydrogen (secondary N) is 1. The topological polar surface area (TPSA) is 15.3 Å². The second-order valence-electron chi connectivity index (χ2n) is 7.02. The molecule has 1 saturated heterocycles.